The van der Waals surface area contributed by atoms with Crippen LogP contribution in [0.2, 0.25) is 0 Å². The van der Waals surface area contributed by atoms with Gasteiger partial charge >= 0.3 is 0 Å². The van der Waals surface area contributed by atoms with Gasteiger partial charge in [0.1, 0.15) is 6.54 Å². The van der Waals surface area contributed by atoms with Gasteiger partial charge in [-0.2, -0.15) is 0 Å². The van der Waals surface area contributed by atoms with Gasteiger partial charge in [-0.1, -0.05) is 18.2 Å². The second kappa shape index (κ2) is 12.6. The van der Waals surface area contributed by atoms with Crippen LogP contribution in [-0.2, 0) is 21.2 Å². The predicted octanol–water partition coefficient (Wildman–Crippen LogP) is 3.20. The Bertz CT molecular complexity index is 1490. The van der Waals surface area contributed by atoms with E-state index in [2.05, 4.69) is 10.6 Å². The van der Waals surface area contributed by atoms with Crippen molar-refractivity contribution in [1.82, 2.24) is 5.32 Å². The van der Waals surface area contributed by atoms with Crippen molar-refractivity contribution in [3.05, 3.63) is 71.8 Å². The third-order valence-corrected chi connectivity index (χ3v) is 7.97. The first-order valence-corrected chi connectivity index (χ1v) is 14.1. The van der Waals surface area contributed by atoms with E-state index in [1.807, 2.05) is 12.1 Å². The van der Waals surface area contributed by atoms with Gasteiger partial charge in [0, 0.05) is 12.6 Å². The molecule has 0 aromatic heterocycles. The zero-order chi connectivity index (χ0) is 28.7. The Morgan fingerprint density at radius 3 is 2.45 bits per heavy atom. The first-order valence-electron chi connectivity index (χ1n) is 12.5. The zero-order valence-corrected chi connectivity index (χ0v) is 23.2. The highest BCUT2D eigenvalue weighted by atomic mass is 32.2. The predicted molar refractivity (Wildman–Crippen MR) is 150 cm³/mol. The zero-order valence-electron chi connectivity index (χ0n) is 22.4. The van der Waals surface area contributed by atoms with E-state index in [0.717, 1.165) is 9.87 Å². The molecular weight excluding hydrogens is 538 g/mol. The van der Waals surface area contributed by atoms with Crippen LogP contribution in [0.4, 0.5) is 11.4 Å². The summed E-state index contributed by atoms with van der Waals surface area (Å²) in [6.07, 6.45) is 0.542. The van der Waals surface area contributed by atoms with Gasteiger partial charge in [-0.05, 0) is 55.3 Å². The van der Waals surface area contributed by atoms with Gasteiger partial charge in [-0.25, -0.2) is 8.42 Å². The Morgan fingerprint density at radius 2 is 1.70 bits per heavy atom. The summed E-state index contributed by atoms with van der Waals surface area (Å²) < 4.78 is 48.0. The number of para-hydroxylation sites is 1. The van der Waals surface area contributed by atoms with Gasteiger partial charge in [0.15, 0.2) is 23.0 Å². The molecule has 0 bridgehead atoms. The molecule has 0 spiro atoms. The first kappa shape index (κ1) is 28.6. The Hall–Kier alpha value is -4.45. The maximum absolute atomic E-state index is 13.1. The van der Waals surface area contributed by atoms with Crippen molar-refractivity contribution >= 4 is 33.2 Å². The maximum atomic E-state index is 13.1. The number of ether oxygens (including phenoxy) is 4. The molecule has 1 aliphatic rings. The molecule has 0 saturated heterocycles. The molecule has 12 heteroatoms. The first-order chi connectivity index (χ1) is 19.2. The molecule has 1 heterocycles. The van der Waals surface area contributed by atoms with Crippen LogP contribution in [0.15, 0.2) is 60.7 Å². The molecule has 0 aliphatic carbocycles. The van der Waals surface area contributed by atoms with E-state index in [1.165, 1.54) is 13.0 Å². The number of fused-ring (bicyclic) bond motifs is 1. The molecule has 0 fully saturated rings. The minimum Gasteiger partial charge on any atom is -0.493 e. The number of benzene rings is 3. The highest BCUT2D eigenvalue weighted by Crippen LogP contribution is 2.36. The minimum atomic E-state index is -3.81. The van der Waals surface area contributed by atoms with Gasteiger partial charge in [0.25, 0.3) is 5.91 Å². The molecule has 1 aliphatic heterocycles. The number of carbonyl (C=O) groups excluding carboxylic acids is 2. The molecule has 40 heavy (non-hydrogen) atoms. The van der Waals surface area contributed by atoms with E-state index in [1.54, 1.807) is 56.7 Å². The summed E-state index contributed by atoms with van der Waals surface area (Å²) >= 11 is 0. The highest BCUT2D eigenvalue weighted by Gasteiger charge is 2.26. The normalized spacial score (nSPS) is 12.0. The van der Waals surface area contributed by atoms with Crippen LogP contribution in [0.1, 0.15) is 22.8 Å². The molecule has 0 atom stereocenters. The van der Waals surface area contributed by atoms with Crippen LogP contribution < -0.4 is 33.9 Å². The Morgan fingerprint density at radius 1 is 0.950 bits per heavy atom. The van der Waals surface area contributed by atoms with E-state index in [-0.39, 0.29) is 35.4 Å². The molecule has 212 valence electrons. The minimum absolute atomic E-state index is 0.0347. The topological polar surface area (TPSA) is 133 Å². The fourth-order valence-corrected chi connectivity index (χ4v) is 5.17. The van der Waals surface area contributed by atoms with Gasteiger partial charge in [0.2, 0.25) is 22.7 Å². The standard InChI is InChI=1S/C28H31N3O8S/c1-4-40(34,35)31(20-10-12-24-26(16-20)39-18-38-24)17-27(32)30-22-8-6-5-7-21(22)28(33)29-14-13-19-9-11-23(36-2)25(15-19)37-3/h5-12,15-16H,4,13-14,17-18H2,1-3H3,(H,29,33)(H,30,32). The number of anilines is 2. The summed E-state index contributed by atoms with van der Waals surface area (Å²) in [5.41, 5.74) is 1.72. The van der Waals surface area contributed by atoms with Crippen molar-refractivity contribution in [3.63, 3.8) is 0 Å². The van der Waals surface area contributed by atoms with Gasteiger partial charge in [-0.3, -0.25) is 13.9 Å². The molecular formula is C28H31N3O8S. The van der Waals surface area contributed by atoms with Crippen LogP contribution in [0.25, 0.3) is 0 Å². The van der Waals surface area contributed by atoms with Crippen molar-refractivity contribution in [2.24, 2.45) is 0 Å². The molecule has 0 saturated carbocycles. The number of methoxy groups -OCH3 is 2. The van der Waals surface area contributed by atoms with E-state index in [0.29, 0.717) is 36.0 Å². The second-order valence-electron chi connectivity index (χ2n) is 8.73. The van der Waals surface area contributed by atoms with Crippen molar-refractivity contribution < 1.29 is 37.0 Å². The summed E-state index contributed by atoms with van der Waals surface area (Å²) in [6, 6.07) is 16.7. The van der Waals surface area contributed by atoms with Gasteiger partial charge < -0.3 is 29.6 Å². The molecule has 3 aromatic rings. The number of hydrogen-bond acceptors (Lipinski definition) is 8. The fourth-order valence-electron chi connectivity index (χ4n) is 4.11. The van der Waals surface area contributed by atoms with Crippen LogP contribution >= 0.6 is 0 Å². The number of amides is 2. The number of carbonyl (C=O) groups is 2. The quantitative estimate of drug-likeness (QED) is 0.340. The van der Waals surface area contributed by atoms with Gasteiger partial charge in [-0.15, -0.1) is 0 Å². The Labute approximate surface area is 233 Å². The molecule has 11 nitrogen and oxygen atoms in total. The van der Waals surface area contributed by atoms with Gasteiger partial charge in [0.05, 0.1) is 36.9 Å². The fraction of sp³-hybridized carbons (Fsp3) is 0.286. The molecule has 2 N–H and O–H groups in total. The number of hydrogen-bond donors (Lipinski definition) is 2. The number of nitrogens with zero attached hydrogens (tertiary/aromatic N) is 1. The third-order valence-electron chi connectivity index (χ3n) is 6.22. The average molecular weight is 570 g/mol. The Balaban J connectivity index is 1.43. The lowest BCUT2D eigenvalue weighted by atomic mass is 10.1. The van der Waals surface area contributed by atoms with E-state index >= 15 is 0 Å². The number of sulfonamides is 1. The van der Waals surface area contributed by atoms with Crippen molar-refractivity contribution in [1.29, 1.82) is 0 Å². The van der Waals surface area contributed by atoms with Crippen LogP contribution in [0, 0.1) is 0 Å². The summed E-state index contributed by atoms with van der Waals surface area (Å²) in [5, 5.41) is 5.54. The smallest absolute Gasteiger partial charge is 0.253 e. The average Bonchev–Trinajstić information content (AvgIpc) is 3.44. The molecule has 4 rings (SSSR count). The summed E-state index contributed by atoms with van der Waals surface area (Å²) in [5.74, 6) is 0.888. The largest absolute Gasteiger partial charge is 0.493 e. The lowest BCUT2D eigenvalue weighted by Crippen LogP contribution is -2.39. The van der Waals surface area contributed by atoms with Crippen molar-refractivity contribution in [2.45, 2.75) is 13.3 Å². The summed E-state index contributed by atoms with van der Waals surface area (Å²) in [7, 11) is -0.695. The van der Waals surface area contributed by atoms with E-state index in [4.69, 9.17) is 18.9 Å². The molecule has 0 radical (unpaired) electrons. The maximum Gasteiger partial charge on any atom is 0.253 e. The lowest BCUT2D eigenvalue weighted by Gasteiger charge is -2.23. The highest BCUT2D eigenvalue weighted by molar-refractivity contribution is 7.92. The molecule has 3 aromatic carbocycles. The molecule has 0 unspecified atom stereocenters. The second-order valence-corrected chi connectivity index (χ2v) is 10.9. The number of nitrogens with one attached hydrogen (secondary N) is 2. The monoisotopic (exact) mass is 569 g/mol. The SMILES string of the molecule is CCS(=O)(=O)N(CC(=O)Nc1ccccc1C(=O)NCCc1ccc(OC)c(OC)c1)c1ccc2c(c1)OCO2. The lowest BCUT2D eigenvalue weighted by molar-refractivity contribution is -0.114. The van der Waals surface area contributed by atoms with Crippen molar-refractivity contribution in [2.75, 3.05) is 49.5 Å². The van der Waals surface area contributed by atoms with E-state index < -0.39 is 22.5 Å². The van der Waals surface area contributed by atoms with Crippen LogP contribution in [0.5, 0.6) is 23.0 Å². The van der Waals surface area contributed by atoms with E-state index in [9.17, 15) is 18.0 Å². The van der Waals surface area contributed by atoms with Crippen LogP contribution in [-0.4, -0.2) is 60.1 Å². The molecule has 2 amide bonds. The van der Waals surface area contributed by atoms with Crippen LogP contribution in [0.3, 0.4) is 0 Å². The van der Waals surface area contributed by atoms with Crippen molar-refractivity contribution in [3.8, 4) is 23.0 Å². The third kappa shape index (κ3) is 6.57. The Kier molecular flexibility index (Phi) is 9.00. The number of rotatable bonds is 12. The summed E-state index contributed by atoms with van der Waals surface area (Å²) in [4.78, 5) is 26.0. The summed E-state index contributed by atoms with van der Waals surface area (Å²) in [6.45, 7) is 1.37.